The van der Waals surface area contributed by atoms with Gasteiger partial charge in [-0.15, -0.1) is 11.3 Å². The Morgan fingerprint density at radius 2 is 1.92 bits per heavy atom. The lowest BCUT2D eigenvalue weighted by molar-refractivity contribution is -0.136. The largest absolute Gasteiger partial charge is 0.418 e. The summed E-state index contributed by atoms with van der Waals surface area (Å²) in [5, 5.41) is 6.83. The number of benzene rings is 1. The van der Waals surface area contributed by atoms with Gasteiger partial charge in [-0.05, 0) is 37.7 Å². The first-order chi connectivity index (χ1) is 11.3. The number of carbonyl (C=O) groups excluding carboxylic acids is 1. The van der Waals surface area contributed by atoms with E-state index < -0.39 is 17.8 Å². The second-order valence-corrected chi connectivity index (χ2v) is 6.35. The number of nitrogens with zero attached hydrogens (tertiary/aromatic N) is 1. The fraction of sp³-hybridized carbons (Fsp3) is 0.312. The number of anilines is 1. The van der Waals surface area contributed by atoms with Crippen molar-refractivity contribution in [1.82, 2.24) is 10.2 Å². The molecular formula is C16H18F3N3OS. The Kier molecular flexibility index (Phi) is 5.84. The molecule has 0 aliphatic heterocycles. The summed E-state index contributed by atoms with van der Waals surface area (Å²) < 4.78 is 38.8. The van der Waals surface area contributed by atoms with Gasteiger partial charge in [-0.1, -0.05) is 18.2 Å². The molecule has 130 valence electrons. The molecule has 0 fully saturated rings. The number of alkyl halides is 3. The van der Waals surface area contributed by atoms with E-state index in [-0.39, 0.29) is 18.3 Å². The van der Waals surface area contributed by atoms with Crippen LogP contribution in [0.25, 0.3) is 0 Å². The van der Waals surface area contributed by atoms with E-state index in [9.17, 15) is 18.0 Å². The molecule has 24 heavy (non-hydrogen) atoms. The molecule has 0 aliphatic rings. The van der Waals surface area contributed by atoms with Gasteiger partial charge in [0.25, 0.3) is 0 Å². The third-order valence-corrected chi connectivity index (χ3v) is 4.41. The van der Waals surface area contributed by atoms with Crippen LogP contribution >= 0.6 is 11.3 Å². The van der Waals surface area contributed by atoms with E-state index in [4.69, 9.17) is 0 Å². The molecular weight excluding hydrogens is 339 g/mol. The average Bonchev–Trinajstić information content (AvgIpc) is 3.00. The SMILES string of the molecule is CN(C)C(CNC(=O)Nc1ccccc1C(F)(F)F)c1cccs1. The monoisotopic (exact) mass is 357 g/mol. The van der Waals surface area contributed by atoms with Crippen LogP contribution in [0.4, 0.5) is 23.7 Å². The normalized spacial score (nSPS) is 12.9. The summed E-state index contributed by atoms with van der Waals surface area (Å²) in [6.45, 7) is 0.285. The number of carbonyl (C=O) groups is 1. The maximum atomic E-state index is 12.9. The van der Waals surface area contributed by atoms with Gasteiger partial charge in [-0.2, -0.15) is 13.2 Å². The number of likely N-dealkylation sites (N-methyl/N-ethyl adjacent to an activating group) is 1. The standard InChI is InChI=1S/C16H18F3N3OS/c1-22(2)13(14-8-5-9-24-14)10-20-15(23)21-12-7-4-3-6-11(12)16(17,18)19/h3-9,13H,10H2,1-2H3,(H2,20,21,23). The predicted octanol–water partition coefficient (Wildman–Crippen LogP) is 4.19. The number of nitrogens with one attached hydrogen (secondary N) is 2. The Morgan fingerprint density at radius 1 is 1.21 bits per heavy atom. The molecule has 0 spiro atoms. The summed E-state index contributed by atoms with van der Waals surface area (Å²) in [5.41, 5.74) is -1.14. The molecule has 0 bridgehead atoms. The summed E-state index contributed by atoms with van der Waals surface area (Å²) in [6, 6.07) is 8.03. The van der Waals surface area contributed by atoms with Crippen molar-refractivity contribution in [3.63, 3.8) is 0 Å². The number of para-hydroxylation sites is 1. The van der Waals surface area contributed by atoms with Crippen molar-refractivity contribution in [2.75, 3.05) is 26.0 Å². The minimum atomic E-state index is -4.52. The third kappa shape index (κ3) is 4.72. The van der Waals surface area contributed by atoms with Gasteiger partial charge in [0.1, 0.15) is 0 Å². The van der Waals surface area contributed by atoms with Gasteiger partial charge in [0.15, 0.2) is 0 Å². The van der Waals surface area contributed by atoms with Crippen molar-refractivity contribution < 1.29 is 18.0 Å². The zero-order valence-corrected chi connectivity index (χ0v) is 14.0. The molecule has 2 amide bonds. The van der Waals surface area contributed by atoms with Crippen molar-refractivity contribution >= 4 is 23.1 Å². The molecule has 4 nitrogen and oxygen atoms in total. The van der Waals surface area contributed by atoms with Crippen LogP contribution < -0.4 is 10.6 Å². The Morgan fingerprint density at radius 3 is 2.50 bits per heavy atom. The van der Waals surface area contributed by atoms with Gasteiger partial charge < -0.3 is 15.5 Å². The number of rotatable bonds is 5. The number of hydrogen-bond donors (Lipinski definition) is 2. The van der Waals surface area contributed by atoms with Crippen LogP contribution in [0.1, 0.15) is 16.5 Å². The van der Waals surface area contributed by atoms with Crippen LogP contribution in [-0.4, -0.2) is 31.6 Å². The molecule has 2 N–H and O–H groups in total. The highest BCUT2D eigenvalue weighted by atomic mass is 32.1. The highest BCUT2D eigenvalue weighted by Crippen LogP contribution is 2.34. The van der Waals surface area contributed by atoms with E-state index in [1.165, 1.54) is 18.2 Å². The third-order valence-electron chi connectivity index (χ3n) is 3.43. The second-order valence-electron chi connectivity index (χ2n) is 5.37. The van der Waals surface area contributed by atoms with E-state index in [1.807, 2.05) is 36.5 Å². The molecule has 1 aromatic carbocycles. The van der Waals surface area contributed by atoms with Crippen molar-refractivity contribution in [3.8, 4) is 0 Å². The average molecular weight is 357 g/mol. The molecule has 0 aliphatic carbocycles. The van der Waals surface area contributed by atoms with Gasteiger partial charge in [0, 0.05) is 11.4 Å². The van der Waals surface area contributed by atoms with Crippen LogP contribution in [0, 0.1) is 0 Å². The first kappa shape index (κ1) is 18.3. The lowest BCUT2D eigenvalue weighted by Gasteiger charge is -2.23. The number of halogens is 3. The van der Waals surface area contributed by atoms with Gasteiger partial charge in [-0.3, -0.25) is 0 Å². The van der Waals surface area contributed by atoms with Gasteiger partial charge in [0.2, 0.25) is 0 Å². The van der Waals surface area contributed by atoms with Crippen molar-refractivity contribution in [1.29, 1.82) is 0 Å². The molecule has 2 rings (SSSR count). The molecule has 0 saturated heterocycles. The first-order valence-corrected chi connectivity index (χ1v) is 8.08. The quantitative estimate of drug-likeness (QED) is 0.843. The number of hydrogen-bond acceptors (Lipinski definition) is 3. The van der Waals surface area contributed by atoms with Crippen LogP contribution in [0.15, 0.2) is 41.8 Å². The summed E-state index contributed by atoms with van der Waals surface area (Å²) in [7, 11) is 3.76. The summed E-state index contributed by atoms with van der Waals surface area (Å²) >= 11 is 1.56. The summed E-state index contributed by atoms with van der Waals surface area (Å²) in [5.74, 6) is 0. The molecule has 1 atom stereocenters. The van der Waals surface area contributed by atoms with Crippen LogP contribution in [0.5, 0.6) is 0 Å². The first-order valence-electron chi connectivity index (χ1n) is 7.20. The van der Waals surface area contributed by atoms with Crippen molar-refractivity contribution in [3.05, 3.63) is 52.2 Å². The molecule has 8 heteroatoms. The highest BCUT2D eigenvalue weighted by molar-refractivity contribution is 7.10. The van der Waals surface area contributed by atoms with Gasteiger partial charge >= 0.3 is 12.2 Å². The topological polar surface area (TPSA) is 44.4 Å². The summed E-state index contributed by atoms with van der Waals surface area (Å²) in [6.07, 6.45) is -4.52. The maximum absolute atomic E-state index is 12.9. The van der Waals surface area contributed by atoms with Crippen LogP contribution in [-0.2, 0) is 6.18 Å². The zero-order chi connectivity index (χ0) is 17.7. The number of urea groups is 1. The second kappa shape index (κ2) is 7.67. The van der Waals surface area contributed by atoms with Crippen LogP contribution in [0.2, 0.25) is 0 Å². The minimum Gasteiger partial charge on any atom is -0.336 e. The van der Waals surface area contributed by atoms with E-state index in [2.05, 4.69) is 10.6 Å². The Balaban J connectivity index is 2.01. The lowest BCUT2D eigenvalue weighted by Crippen LogP contribution is -2.36. The van der Waals surface area contributed by atoms with Gasteiger partial charge in [0.05, 0.1) is 17.3 Å². The van der Waals surface area contributed by atoms with Gasteiger partial charge in [-0.25, -0.2) is 4.79 Å². The lowest BCUT2D eigenvalue weighted by atomic mass is 10.1. The Hall–Kier alpha value is -2.06. The molecule has 0 saturated carbocycles. The fourth-order valence-electron chi connectivity index (χ4n) is 2.21. The Bertz CT molecular complexity index is 671. The van der Waals surface area contributed by atoms with Crippen molar-refractivity contribution in [2.24, 2.45) is 0 Å². The van der Waals surface area contributed by atoms with E-state index in [1.54, 1.807) is 11.3 Å². The van der Waals surface area contributed by atoms with Crippen LogP contribution in [0.3, 0.4) is 0 Å². The molecule has 1 heterocycles. The fourth-order valence-corrected chi connectivity index (χ4v) is 3.14. The maximum Gasteiger partial charge on any atom is 0.418 e. The number of thiophene rings is 1. The molecule has 1 unspecified atom stereocenters. The molecule has 1 aromatic heterocycles. The zero-order valence-electron chi connectivity index (χ0n) is 13.2. The highest BCUT2D eigenvalue weighted by Gasteiger charge is 2.33. The number of amides is 2. The summed E-state index contributed by atoms with van der Waals surface area (Å²) in [4.78, 5) is 15.0. The van der Waals surface area contributed by atoms with E-state index in [0.29, 0.717) is 0 Å². The molecule has 2 aromatic rings. The van der Waals surface area contributed by atoms with Crippen molar-refractivity contribution in [2.45, 2.75) is 12.2 Å². The Labute approximate surface area is 142 Å². The smallest absolute Gasteiger partial charge is 0.336 e. The van der Waals surface area contributed by atoms with E-state index >= 15 is 0 Å². The van der Waals surface area contributed by atoms with E-state index in [0.717, 1.165) is 10.9 Å². The minimum absolute atomic E-state index is 0.0476. The molecule has 0 radical (unpaired) electrons. The predicted molar refractivity (Wildman–Crippen MR) is 89.2 cm³/mol.